The van der Waals surface area contributed by atoms with Crippen LogP contribution in [-0.2, 0) is 16.0 Å². The van der Waals surface area contributed by atoms with Gasteiger partial charge in [0, 0.05) is 56.9 Å². The second kappa shape index (κ2) is 11.1. The van der Waals surface area contributed by atoms with Gasteiger partial charge in [-0.3, -0.25) is 15.0 Å². The number of hydrogen-bond donors (Lipinski definition) is 2. The monoisotopic (exact) mass is 405 g/mol. The molecule has 2 heterocycles. The van der Waals surface area contributed by atoms with Crippen LogP contribution in [0.4, 0.5) is 5.69 Å². The van der Waals surface area contributed by atoms with Crippen LogP contribution in [-0.4, -0.2) is 74.4 Å². The van der Waals surface area contributed by atoms with Gasteiger partial charge in [0.05, 0.1) is 31.3 Å². The lowest BCUT2D eigenvalue weighted by Gasteiger charge is -2.32. The van der Waals surface area contributed by atoms with Crippen molar-refractivity contribution in [2.45, 2.75) is 25.9 Å². The number of ether oxygens (including phenoxy) is 2. The van der Waals surface area contributed by atoms with Crippen molar-refractivity contribution >= 4 is 11.6 Å². The molecule has 0 saturated carbocycles. The molecule has 2 N–H and O–H groups in total. The van der Waals surface area contributed by atoms with Gasteiger partial charge in [-0.25, -0.2) is 4.99 Å². The summed E-state index contributed by atoms with van der Waals surface area (Å²) < 4.78 is 10.9. The van der Waals surface area contributed by atoms with Gasteiger partial charge < -0.3 is 20.1 Å². The Balaban J connectivity index is 1.56. The quantitative estimate of drug-likeness (QED) is 0.292. The van der Waals surface area contributed by atoms with Crippen LogP contribution in [0.2, 0.25) is 0 Å². The van der Waals surface area contributed by atoms with Crippen LogP contribution in [0.5, 0.6) is 0 Å². The van der Waals surface area contributed by atoms with E-state index < -0.39 is 4.92 Å². The zero-order chi connectivity index (χ0) is 20.5. The molecule has 9 nitrogen and oxygen atoms in total. The summed E-state index contributed by atoms with van der Waals surface area (Å²) in [5.74, 6) is 1.26. The molecular formula is C20H31N5O4. The maximum absolute atomic E-state index is 10.8. The maximum Gasteiger partial charge on any atom is 0.269 e. The molecule has 2 unspecified atom stereocenters. The van der Waals surface area contributed by atoms with Crippen LogP contribution in [0.15, 0.2) is 29.3 Å². The standard InChI is InChI=1S/C20H31N5O4/c1-16(24-7-10-28-11-8-24)12-21-20(23-14-18-6-9-29-15-18)22-13-17-2-4-19(5-3-17)25(26)27/h2-5,16,18H,6-15H2,1H3,(H2,21,22,23). The first-order valence-electron chi connectivity index (χ1n) is 10.3. The minimum absolute atomic E-state index is 0.0924. The van der Waals surface area contributed by atoms with Crippen molar-refractivity contribution in [3.63, 3.8) is 0 Å². The summed E-state index contributed by atoms with van der Waals surface area (Å²) in [4.78, 5) is 17.5. The summed E-state index contributed by atoms with van der Waals surface area (Å²) in [5.41, 5.74) is 1.02. The fourth-order valence-electron chi connectivity index (χ4n) is 3.44. The molecule has 9 heteroatoms. The van der Waals surface area contributed by atoms with Crippen molar-refractivity contribution in [2.24, 2.45) is 10.9 Å². The molecule has 0 aliphatic carbocycles. The Morgan fingerprint density at radius 3 is 2.66 bits per heavy atom. The lowest BCUT2D eigenvalue weighted by Crippen LogP contribution is -2.49. The van der Waals surface area contributed by atoms with E-state index in [-0.39, 0.29) is 5.69 Å². The average Bonchev–Trinajstić information content (AvgIpc) is 3.27. The van der Waals surface area contributed by atoms with Crippen LogP contribution in [0.25, 0.3) is 0 Å². The molecular weight excluding hydrogens is 374 g/mol. The van der Waals surface area contributed by atoms with Gasteiger partial charge in [0.2, 0.25) is 0 Å². The molecule has 2 atom stereocenters. The van der Waals surface area contributed by atoms with E-state index in [0.717, 1.165) is 70.6 Å². The third-order valence-corrected chi connectivity index (χ3v) is 5.38. The van der Waals surface area contributed by atoms with Gasteiger partial charge in [-0.15, -0.1) is 0 Å². The number of morpholine rings is 1. The van der Waals surface area contributed by atoms with Crippen LogP contribution >= 0.6 is 0 Å². The molecule has 3 rings (SSSR count). The topological polar surface area (TPSA) is 101 Å². The largest absolute Gasteiger partial charge is 0.381 e. The molecule has 0 bridgehead atoms. The van der Waals surface area contributed by atoms with Crippen molar-refractivity contribution < 1.29 is 14.4 Å². The Bertz CT molecular complexity index is 670. The number of benzene rings is 1. The number of guanidine groups is 1. The highest BCUT2D eigenvalue weighted by atomic mass is 16.6. The third kappa shape index (κ3) is 6.95. The highest BCUT2D eigenvalue weighted by molar-refractivity contribution is 5.79. The normalized spacial score (nSPS) is 21.7. The Kier molecular flexibility index (Phi) is 8.21. The van der Waals surface area contributed by atoms with Gasteiger partial charge in [0.25, 0.3) is 5.69 Å². The zero-order valence-corrected chi connectivity index (χ0v) is 17.0. The number of aliphatic imine (C=N–C) groups is 1. The lowest BCUT2D eigenvalue weighted by molar-refractivity contribution is -0.384. The lowest BCUT2D eigenvalue weighted by atomic mass is 10.1. The Morgan fingerprint density at radius 2 is 2.00 bits per heavy atom. The molecule has 0 amide bonds. The first-order valence-corrected chi connectivity index (χ1v) is 10.3. The van der Waals surface area contributed by atoms with Crippen molar-refractivity contribution in [1.29, 1.82) is 0 Å². The number of hydrogen-bond acceptors (Lipinski definition) is 6. The van der Waals surface area contributed by atoms with E-state index in [1.807, 2.05) is 0 Å². The highest BCUT2D eigenvalue weighted by Gasteiger charge is 2.18. The predicted octanol–water partition coefficient (Wildman–Crippen LogP) is 1.39. The highest BCUT2D eigenvalue weighted by Crippen LogP contribution is 2.13. The van der Waals surface area contributed by atoms with Gasteiger partial charge in [-0.05, 0) is 18.9 Å². The van der Waals surface area contributed by atoms with Crippen LogP contribution < -0.4 is 10.6 Å². The van der Waals surface area contributed by atoms with Gasteiger partial charge in [0.1, 0.15) is 0 Å². The summed E-state index contributed by atoms with van der Waals surface area (Å²) in [6.07, 6.45) is 1.06. The molecule has 1 aromatic rings. The second-order valence-corrected chi connectivity index (χ2v) is 7.58. The Morgan fingerprint density at radius 1 is 1.24 bits per heavy atom. The number of nitrogens with one attached hydrogen (secondary N) is 2. The van der Waals surface area contributed by atoms with E-state index in [1.165, 1.54) is 12.1 Å². The summed E-state index contributed by atoms with van der Waals surface area (Å²) >= 11 is 0. The number of nitrogens with zero attached hydrogens (tertiary/aromatic N) is 3. The fourth-order valence-corrected chi connectivity index (χ4v) is 3.44. The van der Waals surface area contributed by atoms with Crippen molar-refractivity contribution in [3.05, 3.63) is 39.9 Å². The fraction of sp³-hybridized carbons (Fsp3) is 0.650. The summed E-state index contributed by atoms with van der Waals surface area (Å²) in [6.45, 7) is 9.34. The zero-order valence-electron chi connectivity index (χ0n) is 17.0. The maximum atomic E-state index is 10.8. The second-order valence-electron chi connectivity index (χ2n) is 7.58. The summed E-state index contributed by atoms with van der Waals surface area (Å²) in [7, 11) is 0. The molecule has 2 aliphatic rings. The van der Waals surface area contributed by atoms with Crippen molar-refractivity contribution in [2.75, 3.05) is 52.6 Å². The van der Waals surface area contributed by atoms with E-state index >= 15 is 0 Å². The van der Waals surface area contributed by atoms with Gasteiger partial charge in [0.15, 0.2) is 5.96 Å². The smallest absolute Gasteiger partial charge is 0.269 e. The Labute approximate surface area is 171 Å². The Hall–Kier alpha value is -2.23. The summed E-state index contributed by atoms with van der Waals surface area (Å²) in [5, 5.41) is 17.7. The molecule has 29 heavy (non-hydrogen) atoms. The van der Waals surface area contributed by atoms with Crippen molar-refractivity contribution in [1.82, 2.24) is 15.5 Å². The van der Waals surface area contributed by atoms with Gasteiger partial charge in [-0.1, -0.05) is 12.1 Å². The molecule has 0 spiro atoms. The van der Waals surface area contributed by atoms with Crippen LogP contribution in [0.3, 0.4) is 0 Å². The number of nitro benzene ring substituents is 1. The molecule has 160 valence electrons. The van der Waals surface area contributed by atoms with Gasteiger partial charge in [-0.2, -0.15) is 0 Å². The molecule has 2 saturated heterocycles. The summed E-state index contributed by atoms with van der Waals surface area (Å²) in [6, 6.07) is 6.91. The SMILES string of the molecule is CC(CNC(=NCc1ccc([N+](=O)[O-])cc1)NCC1CCOC1)N1CCOCC1. The average molecular weight is 405 g/mol. The van der Waals surface area contributed by atoms with E-state index in [0.29, 0.717) is 18.5 Å². The minimum Gasteiger partial charge on any atom is -0.381 e. The van der Waals surface area contributed by atoms with Crippen molar-refractivity contribution in [3.8, 4) is 0 Å². The van der Waals surface area contributed by atoms with Crippen LogP contribution in [0.1, 0.15) is 18.9 Å². The molecule has 0 radical (unpaired) electrons. The van der Waals surface area contributed by atoms with E-state index in [4.69, 9.17) is 9.47 Å². The molecule has 1 aromatic carbocycles. The first-order chi connectivity index (χ1) is 14.1. The van der Waals surface area contributed by atoms with E-state index in [1.54, 1.807) is 12.1 Å². The van der Waals surface area contributed by atoms with E-state index in [9.17, 15) is 10.1 Å². The third-order valence-electron chi connectivity index (χ3n) is 5.38. The van der Waals surface area contributed by atoms with Crippen LogP contribution in [0, 0.1) is 16.0 Å². The van der Waals surface area contributed by atoms with E-state index in [2.05, 4.69) is 27.4 Å². The van der Waals surface area contributed by atoms with Gasteiger partial charge >= 0.3 is 0 Å². The number of non-ortho nitro benzene ring substituents is 1. The number of rotatable bonds is 8. The molecule has 0 aromatic heterocycles. The first kappa shape index (κ1) is 21.5. The molecule has 2 aliphatic heterocycles. The predicted molar refractivity (Wildman–Crippen MR) is 111 cm³/mol. The minimum atomic E-state index is -0.391. The molecule has 2 fully saturated rings. The number of nitro groups is 1.